The third-order valence-corrected chi connectivity index (χ3v) is 4.23. The van der Waals surface area contributed by atoms with Crippen LogP contribution in [0.15, 0.2) is 60.9 Å². The van der Waals surface area contributed by atoms with Crippen LogP contribution in [0.1, 0.15) is 11.7 Å². The van der Waals surface area contributed by atoms with Gasteiger partial charge in [0.25, 0.3) is 0 Å². The van der Waals surface area contributed by atoms with Crippen molar-refractivity contribution in [3.8, 4) is 11.3 Å². The Kier molecular flexibility index (Phi) is 2.00. The molecular formula is C18H12N3+. The summed E-state index contributed by atoms with van der Waals surface area (Å²) in [6.07, 6.45) is 6.00. The van der Waals surface area contributed by atoms with Crippen molar-refractivity contribution < 1.29 is 0 Å². The molecule has 2 aliphatic heterocycles. The van der Waals surface area contributed by atoms with Crippen molar-refractivity contribution >= 4 is 11.8 Å². The molecule has 3 aromatic rings. The van der Waals surface area contributed by atoms with Crippen LogP contribution in [0.5, 0.6) is 0 Å². The fraction of sp³-hybridized carbons (Fsp3) is 0.0556. The highest BCUT2D eigenvalue weighted by Crippen LogP contribution is 2.40. The van der Waals surface area contributed by atoms with Crippen molar-refractivity contribution in [3.63, 3.8) is 0 Å². The third-order valence-electron chi connectivity index (χ3n) is 4.23. The molecule has 0 bridgehead atoms. The van der Waals surface area contributed by atoms with Gasteiger partial charge in [-0.25, -0.2) is 4.98 Å². The molecule has 5 rings (SSSR count). The molecule has 1 aromatic carbocycles. The van der Waals surface area contributed by atoms with Gasteiger partial charge in [-0.2, -0.15) is 4.58 Å². The first-order valence-electron chi connectivity index (χ1n) is 7.07. The summed E-state index contributed by atoms with van der Waals surface area (Å²) in [6.45, 7) is 0. The van der Waals surface area contributed by atoms with Gasteiger partial charge in [0.15, 0.2) is 0 Å². The van der Waals surface area contributed by atoms with Crippen LogP contribution in [0.25, 0.3) is 17.3 Å². The molecule has 3 heteroatoms. The lowest BCUT2D eigenvalue weighted by Crippen LogP contribution is -2.33. The second-order valence-electron chi connectivity index (χ2n) is 5.35. The standard InChI is InChI=1S/C18H12N3/c1-2-7-14-12(5-1)11-16-18-13(6-3-9-20-18)17-15(21(14)16)8-4-10-19-17/h1-11,16H/q+1. The molecule has 4 heterocycles. The van der Waals surface area contributed by atoms with E-state index >= 15 is 0 Å². The number of benzene rings is 1. The molecule has 0 amide bonds. The van der Waals surface area contributed by atoms with Crippen molar-refractivity contribution in [2.75, 3.05) is 0 Å². The maximum absolute atomic E-state index is 4.63. The Morgan fingerprint density at radius 1 is 0.857 bits per heavy atom. The van der Waals surface area contributed by atoms with E-state index in [4.69, 9.17) is 0 Å². The predicted molar refractivity (Wildman–Crippen MR) is 81.3 cm³/mol. The molecule has 0 radical (unpaired) electrons. The van der Waals surface area contributed by atoms with Gasteiger partial charge in [-0.05, 0) is 24.3 Å². The van der Waals surface area contributed by atoms with E-state index in [9.17, 15) is 0 Å². The monoisotopic (exact) mass is 270 g/mol. The van der Waals surface area contributed by atoms with Crippen LogP contribution >= 0.6 is 0 Å². The van der Waals surface area contributed by atoms with Gasteiger partial charge in [-0.3, -0.25) is 4.98 Å². The molecule has 0 spiro atoms. The molecule has 3 nitrogen and oxygen atoms in total. The maximum atomic E-state index is 4.63. The molecule has 2 aliphatic rings. The summed E-state index contributed by atoms with van der Waals surface area (Å²) in [4.78, 5) is 9.23. The Hall–Kier alpha value is -2.81. The van der Waals surface area contributed by atoms with E-state index in [0.29, 0.717) is 0 Å². The molecule has 2 aromatic heterocycles. The second kappa shape index (κ2) is 3.85. The average Bonchev–Trinajstić information content (AvgIpc) is 2.95. The molecule has 0 saturated carbocycles. The van der Waals surface area contributed by atoms with Crippen LogP contribution in [0, 0.1) is 0 Å². The van der Waals surface area contributed by atoms with E-state index in [1.165, 1.54) is 10.6 Å². The largest absolute Gasteiger partial charge is 0.253 e. The van der Waals surface area contributed by atoms with Crippen molar-refractivity contribution in [2.24, 2.45) is 0 Å². The summed E-state index contributed by atoms with van der Waals surface area (Å²) in [7, 11) is 0. The normalized spacial score (nSPS) is 17.3. The van der Waals surface area contributed by atoms with E-state index in [0.717, 1.165) is 22.6 Å². The van der Waals surface area contributed by atoms with Gasteiger partial charge >= 0.3 is 0 Å². The first-order valence-corrected chi connectivity index (χ1v) is 7.07. The number of nitrogens with zero attached hydrogens (tertiary/aromatic N) is 3. The lowest BCUT2D eigenvalue weighted by atomic mass is 9.97. The molecule has 0 fully saturated rings. The van der Waals surface area contributed by atoms with Crippen LogP contribution in [0.2, 0.25) is 0 Å². The molecule has 21 heavy (non-hydrogen) atoms. The highest BCUT2D eigenvalue weighted by molar-refractivity contribution is 5.79. The quantitative estimate of drug-likeness (QED) is 0.583. The van der Waals surface area contributed by atoms with E-state index in [1.807, 2.05) is 24.5 Å². The van der Waals surface area contributed by atoms with E-state index in [-0.39, 0.29) is 6.04 Å². The average molecular weight is 270 g/mol. The number of para-hydroxylation sites is 1. The zero-order chi connectivity index (χ0) is 13.8. The lowest BCUT2D eigenvalue weighted by Gasteiger charge is -2.19. The van der Waals surface area contributed by atoms with Gasteiger partial charge in [0.1, 0.15) is 11.4 Å². The number of hydrogen-bond donors (Lipinski definition) is 0. The van der Waals surface area contributed by atoms with Crippen molar-refractivity contribution in [2.45, 2.75) is 6.04 Å². The first-order chi connectivity index (χ1) is 10.4. The summed E-state index contributed by atoms with van der Waals surface area (Å²) in [5, 5.41) is 2.49. The van der Waals surface area contributed by atoms with Gasteiger partial charge in [0, 0.05) is 41.4 Å². The molecule has 98 valence electrons. The Bertz CT molecular complexity index is 1000. The molecule has 0 saturated heterocycles. The molecule has 1 unspecified atom stereocenters. The third kappa shape index (κ3) is 1.35. The Labute approximate surface area is 121 Å². The van der Waals surface area contributed by atoms with E-state index in [2.05, 4.69) is 57.0 Å². The number of rotatable bonds is 0. The predicted octanol–water partition coefficient (Wildman–Crippen LogP) is 1.82. The van der Waals surface area contributed by atoms with Gasteiger partial charge in [-0.15, -0.1) is 0 Å². The molecule has 0 aliphatic carbocycles. The Morgan fingerprint density at radius 3 is 2.71 bits per heavy atom. The summed E-state index contributed by atoms with van der Waals surface area (Å²) in [5.41, 5.74) is 4.39. The Morgan fingerprint density at radius 2 is 1.71 bits per heavy atom. The smallest absolute Gasteiger partial charge is 0.233 e. The van der Waals surface area contributed by atoms with Gasteiger partial charge in [0.2, 0.25) is 17.1 Å². The van der Waals surface area contributed by atoms with Crippen LogP contribution in [0.4, 0.5) is 5.69 Å². The second-order valence-corrected chi connectivity index (χ2v) is 5.35. The summed E-state index contributed by atoms with van der Waals surface area (Å²) in [5.74, 6) is 0. The summed E-state index contributed by atoms with van der Waals surface area (Å²) in [6, 6.07) is 16.9. The minimum Gasteiger partial charge on any atom is -0.253 e. The maximum Gasteiger partial charge on any atom is 0.233 e. The number of hydrogen-bond acceptors (Lipinski definition) is 2. The van der Waals surface area contributed by atoms with Crippen LogP contribution in [-0.2, 0) is 0 Å². The zero-order valence-corrected chi connectivity index (χ0v) is 11.3. The Balaban J connectivity index is 2.01. The van der Waals surface area contributed by atoms with E-state index in [1.54, 1.807) is 0 Å². The fourth-order valence-corrected chi connectivity index (χ4v) is 3.38. The highest BCUT2D eigenvalue weighted by atomic mass is 15.1. The minimum atomic E-state index is 0.162. The van der Waals surface area contributed by atoms with Gasteiger partial charge < -0.3 is 0 Å². The summed E-state index contributed by atoms with van der Waals surface area (Å²) < 4.78 is 2.34. The minimum absolute atomic E-state index is 0.162. The van der Waals surface area contributed by atoms with Crippen LogP contribution in [0.3, 0.4) is 0 Å². The highest BCUT2D eigenvalue weighted by Gasteiger charge is 2.38. The van der Waals surface area contributed by atoms with Crippen LogP contribution < -0.4 is 15.2 Å². The van der Waals surface area contributed by atoms with E-state index < -0.39 is 0 Å². The molecule has 0 N–H and O–H groups in total. The SMILES string of the molecule is C1=c2ccccc2=[N+]2c3cccnc3-c3cccnc3C12. The van der Waals surface area contributed by atoms with Gasteiger partial charge in [-0.1, -0.05) is 12.1 Å². The fourth-order valence-electron chi connectivity index (χ4n) is 3.38. The van der Waals surface area contributed by atoms with Crippen molar-refractivity contribution in [3.05, 3.63) is 77.2 Å². The number of aromatic nitrogens is 2. The van der Waals surface area contributed by atoms with Crippen molar-refractivity contribution in [1.29, 1.82) is 0 Å². The topological polar surface area (TPSA) is 28.8 Å². The van der Waals surface area contributed by atoms with Crippen molar-refractivity contribution in [1.82, 2.24) is 14.5 Å². The number of pyridine rings is 2. The molecular weight excluding hydrogens is 258 g/mol. The first kappa shape index (κ1) is 10.9. The lowest BCUT2D eigenvalue weighted by molar-refractivity contribution is 0.660. The zero-order valence-electron chi connectivity index (χ0n) is 11.3. The number of fused-ring (bicyclic) bond motifs is 7. The van der Waals surface area contributed by atoms with Gasteiger partial charge in [0.05, 0.1) is 0 Å². The molecule has 1 atom stereocenters. The summed E-state index contributed by atoms with van der Waals surface area (Å²) >= 11 is 0. The van der Waals surface area contributed by atoms with Crippen LogP contribution in [-0.4, -0.2) is 9.97 Å².